The van der Waals surface area contributed by atoms with Crippen LogP contribution in [0.2, 0.25) is 0 Å². The van der Waals surface area contributed by atoms with Gasteiger partial charge in [0.2, 0.25) is 5.91 Å². The third kappa shape index (κ3) is 9.06. The fourth-order valence-electron chi connectivity index (χ4n) is 4.09. The normalized spacial score (nSPS) is 13.6. The lowest BCUT2D eigenvalue weighted by Gasteiger charge is -2.22. The highest BCUT2D eigenvalue weighted by atomic mass is 16.5. The van der Waals surface area contributed by atoms with Crippen LogP contribution in [0.1, 0.15) is 63.0 Å². The van der Waals surface area contributed by atoms with E-state index in [4.69, 9.17) is 4.74 Å². The Morgan fingerprint density at radius 3 is 2.44 bits per heavy atom. The van der Waals surface area contributed by atoms with Gasteiger partial charge >= 0.3 is 5.97 Å². The molecule has 0 aliphatic rings. The van der Waals surface area contributed by atoms with Gasteiger partial charge in [-0.05, 0) is 74.8 Å². The van der Waals surface area contributed by atoms with Crippen LogP contribution in [0.15, 0.2) is 48.5 Å². The smallest absolute Gasteiger partial charge is 0.305 e. The first-order valence-electron chi connectivity index (χ1n) is 12.0. The van der Waals surface area contributed by atoms with E-state index >= 15 is 0 Å². The van der Waals surface area contributed by atoms with Gasteiger partial charge in [0.1, 0.15) is 0 Å². The molecule has 0 fully saturated rings. The third-order valence-corrected chi connectivity index (χ3v) is 6.07. The van der Waals surface area contributed by atoms with E-state index in [0.29, 0.717) is 31.1 Å². The van der Waals surface area contributed by atoms with Gasteiger partial charge in [0.05, 0.1) is 19.6 Å². The molecule has 0 aliphatic heterocycles. The Morgan fingerprint density at radius 1 is 1.09 bits per heavy atom. The van der Waals surface area contributed by atoms with Gasteiger partial charge in [-0.1, -0.05) is 43.3 Å². The van der Waals surface area contributed by atoms with Crippen molar-refractivity contribution in [3.8, 4) is 11.5 Å². The number of hydrogen-bond acceptors (Lipinski definition) is 5. The lowest BCUT2D eigenvalue weighted by atomic mass is 9.90. The maximum absolute atomic E-state index is 12.8. The molecule has 1 amide bonds. The van der Waals surface area contributed by atoms with Crippen LogP contribution in [0.3, 0.4) is 0 Å². The van der Waals surface area contributed by atoms with Gasteiger partial charge in [-0.25, -0.2) is 0 Å². The minimum atomic E-state index is -1.02. The lowest BCUT2D eigenvalue weighted by Crippen LogP contribution is -2.48. The largest absolute Gasteiger partial charge is 0.504 e. The van der Waals surface area contributed by atoms with Crippen LogP contribution in [0.5, 0.6) is 11.5 Å². The summed E-state index contributed by atoms with van der Waals surface area (Å²) in [6.45, 7) is 4.61. The molecule has 34 heavy (non-hydrogen) atoms. The molecule has 0 radical (unpaired) electrons. The molecule has 0 aromatic heterocycles. The number of hydrogen-bond donors (Lipinski definition) is 4. The maximum Gasteiger partial charge on any atom is 0.305 e. The summed E-state index contributed by atoms with van der Waals surface area (Å²) in [5.41, 5.74) is 2.25. The lowest BCUT2D eigenvalue weighted by molar-refractivity contribution is -0.140. The van der Waals surface area contributed by atoms with Crippen LogP contribution in [0, 0.1) is 0 Å². The first kappa shape index (κ1) is 27.2. The second-order valence-corrected chi connectivity index (χ2v) is 8.72. The molecule has 2 unspecified atom stereocenters. The molecular weight excluding hydrogens is 432 g/mol. The Morgan fingerprint density at radius 2 is 1.82 bits per heavy atom. The monoisotopic (exact) mass is 470 g/mol. The van der Waals surface area contributed by atoms with Crippen molar-refractivity contribution in [2.45, 2.75) is 70.4 Å². The van der Waals surface area contributed by atoms with E-state index in [0.717, 1.165) is 24.8 Å². The van der Waals surface area contributed by atoms with Crippen molar-refractivity contribution in [2.24, 2.45) is 0 Å². The molecule has 0 heterocycles. The van der Waals surface area contributed by atoms with Crippen molar-refractivity contribution in [3.63, 3.8) is 0 Å². The number of carboxylic acid groups (broad SMARTS) is 1. The maximum atomic E-state index is 12.8. The molecular formula is C27H38N2O5. The van der Waals surface area contributed by atoms with Crippen molar-refractivity contribution in [1.82, 2.24) is 10.6 Å². The zero-order chi connectivity index (χ0) is 24.9. The van der Waals surface area contributed by atoms with Crippen molar-refractivity contribution in [1.29, 1.82) is 0 Å². The molecule has 0 saturated carbocycles. The number of carbonyl (C=O) groups excluding carboxylic acids is 1. The summed E-state index contributed by atoms with van der Waals surface area (Å²) in [7, 11) is 1.50. The van der Waals surface area contributed by atoms with Crippen molar-refractivity contribution in [2.75, 3.05) is 13.7 Å². The summed E-state index contributed by atoms with van der Waals surface area (Å²) in [6, 6.07) is 14.8. The summed E-state index contributed by atoms with van der Waals surface area (Å²) < 4.78 is 5.05. The van der Waals surface area contributed by atoms with Crippen molar-refractivity contribution in [3.05, 3.63) is 59.7 Å². The van der Waals surface area contributed by atoms with Crippen molar-refractivity contribution < 1.29 is 24.5 Å². The van der Waals surface area contributed by atoms with Gasteiger partial charge in [-0.15, -0.1) is 0 Å². The van der Waals surface area contributed by atoms with Gasteiger partial charge in [0, 0.05) is 6.04 Å². The molecule has 2 aromatic carbocycles. The topological polar surface area (TPSA) is 108 Å². The Balaban J connectivity index is 1.81. The number of ether oxygens (including phenoxy) is 1. The second-order valence-electron chi connectivity index (χ2n) is 8.72. The average Bonchev–Trinajstić information content (AvgIpc) is 2.82. The molecule has 2 rings (SSSR count). The van der Waals surface area contributed by atoms with E-state index in [1.54, 1.807) is 12.1 Å². The number of aryl methyl sites for hydroxylation is 1. The molecule has 0 spiro atoms. The zero-order valence-corrected chi connectivity index (χ0v) is 20.4. The minimum Gasteiger partial charge on any atom is -0.504 e. The molecule has 0 bridgehead atoms. The zero-order valence-electron chi connectivity index (χ0n) is 20.4. The third-order valence-electron chi connectivity index (χ3n) is 6.07. The van der Waals surface area contributed by atoms with E-state index < -0.39 is 12.0 Å². The number of methoxy groups -OCH3 is 1. The number of rotatable bonds is 15. The number of amides is 1. The first-order chi connectivity index (χ1) is 16.3. The van der Waals surface area contributed by atoms with Gasteiger partial charge in [-0.2, -0.15) is 0 Å². The number of aromatic hydroxyl groups is 1. The summed E-state index contributed by atoms with van der Waals surface area (Å²) >= 11 is 0. The van der Waals surface area contributed by atoms with Crippen LogP contribution in [0.4, 0.5) is 0 Å². The molecule has 7 heteroatoms. The first-order valence-corrected chi connectivity index (χ1v) is 12.0. The molecule has 4 N–H and O–H groups in total. The molecule has 3 atom stereocenters. The van der Waals surface area contributed by atoms with Gasteiger partial charge < -0.3 is 25.6 Å². The van der Waals surface area contributed by atoms with Gasteiger partial charge in [-0.3, -0.25) is 9.59 Å². The summed E-state index contributed by atoms with van der Waals surface area (Å²) in [5.74, 6) is -0.364. The van der Waals surface area contributed by atoms with Crippen LogP contribution in [-0.4, -0.2) is 47.8 Å². The standard InChI is InChI=1S/C27H38N2O5/c1-4-21(22-10-6-5-7-11-22)14-12-19(2)29-27(33)23(18-26(31)32)28-16-8-9-20-13-15-25(34-3)24(30)17-20/h5-7,10-11,13,15,17,19,21,23,28,30H,4,8-9,12,14,16,18H2,1-3H3,(H,29,33)(H,31,32)/t19-,21?,23?/m0/s1. The highest BCUT2D eigenvalue weighted by Crippen LogP contribution is 2.27. The van der Waals surface area contributed by atoms with Crippen LogP contribution in [-0.2, 0) is 16.0 Å². The fraction of sp³-hybridized carbons (Fsp3) is 0.481. The minimum absolute atomic E-state index is 0.0503. The average molecular weight is 471 g/mol. The van der Waals surface area contributed by atoms with E-state index in [9.17, 15) is 19.8 Å². The fourth-order valence-corrected chi connectivity index (χ4v) is 4.09. The van der Waals surface area contributed by atoms with E-state index in [1.165, 1.54) is 12.7 Å². The second kappa shape index (κ2) is 14.3. The number of phenolic OH excluding ortho intramolecular Hbond substituents is 1. The highest BCUT2D eigenvalue weighted by Gasteiger charge is 2.22. The summed E-state index contributed by atoms with van der Waals surface area (Å²) in [6.07, 6.45) is 3.90. The van der Waals surface area contributed by atoms with Gasteiger partial charge in [0.25, 0.3) is 0 Å². The molecule has 0 saturated heterocycles. The van der Waals surface area contributed by atoms with Gasteiger partial charge in [0.15, 0.2) is 11.5 Å². The SMILES string of the molecule is CCC(CC[C@H](C)NC(=O)C(CC(=O)O)NCCCc1ccc(OC)c(O)c1)c1ccccc1. The number of benzene rings is 2. The molecule has 2 aromatic rings. The highest BCUT2D eigenvalue weighted by molar-refractivity contribution is 5.86. The number of carboxylic acids is 1. The predicted octanol–water partition coefficient (Wildman–Crippen LogP) is 4.25. The Kier molecular flexibility index (Phi) is 11.4. The Bertz CT molecular complexity index is 903. The molecule has 7 nitrogen and oxygen atoms in total. The quantitative estimate of drug-likeness (QED) is 0.290. The van der Waals surface area contributed by atoms with E-state index in [-0.39, 0.29) is 24.1 Å². The van der Waals surface area contributed by atoms with Crippen molar-refractivity contribution >= 4 is 11.9 Å². The predicted molar refractivity (Wildman–Crippen MR) is 133 cm³/mol. The number of aliphatic carboxylic acids is 1. The van der Waals surface area contributed by atoms with Crippen LogP contribution < -0.4 is 15.4 Å². The summed E-state index contributed by atoms with van der Waals surface area (Å²) in [4.78, 5) is 24.1. The number of phenols is 1. The number of nitrogens with one attached hydrogen (secondary N) is 2. The van der Waals surface area contributed by atoms with Crippen LogP contribution >= 0.6 is 0 Å². The summed E-state index contributed by atoms with van der Waals surface area (Å²) in [5, 5.41) is 25.2. The Labute approximate surface area is 202 Å². The van der Waals surface area contributed by atoms with Crippen LogP contribution in [0.25, 0.3) is 0 Å². The van der Waals surface area contributed by atoms with E-state index in [1.807, 2.05) is 31.2 Å². The molecule has 186 valence electrons. The number of carbonyl (C=O) groups is 2. The van der Waals surface area contributed by atoms with E-state index in [2.05, 4.69) is 29.7 Å². The Hall–Kier alpha value is -3.06. The molecule has 0 aliphatic carbocycles.